The summed E-state index contributed by atoms with van der Waals surface area (Å²) in [6.45, 7) is 3.39. The van der Waals surface area contributed by atoms with Crippen molar-refractivity contribution >= 4 is 5.91 Å². The maximum Gasteiger partial charge on any atom is 0.416 e. The van der Waals surface area contributed by atoms with Gasteiger partial charge in [0.2, 0.25) is 0 Å². The predicted molar refractivity (Wildman–Crippen MR) is 70.4 cm³/mol. The first kappa shape index (κ1) is 14.9. The molecule has 20 heavy (non-hydrogen) atoms. The molecule has 0 N–H and O–H groups in total. The van der Waals surface area contributed by atoms with Gasteiger partial charge in [0.05, 0.1) is 5.56 Å². The minimum absolute atomic E-state index is 0.120. The van der Waals surface area contributed by atoms with E-state index in [1.165, 1.54) is 12.1 Å². The van der Waals surface area contributed by atoms with Gasteiger partial charge in [-0.25, -0.2) is 0 Å². The van der Waals surface area contributed by atoms with Crippen LogP contribution in [0.25, 0.3) is 0 Å². The van der Waals surface area contributed by atoms with Crippen LogP contribution in [0, 0.1) is 5.92 Å². The molecule has 110 valence electrons. The van der Waals surface area contributed by atoms with Gasteiger partial charge in [-0.1, -0.05) is 19.4 Å². The largest absolute Gasteiger partial charge is 0.416 e. The summed E-state index contributed by atoms with van der Waals surface area (Å²) < 4.78 is 37.9. The van der Waals surface area contributed by atoms with Crippen LogP contribution >= 0.6 is 0 Å². The van der Waals surface area contributed by atoms with Crippen molar-refractivity contribution in [2.45, 2.75) is 32.4 Å². The summed E-state index contributed by atoms with van der Waals surface area (Å²) >= 11 is 0. The fourth-order valence-electron chi connectivity index (χ4n) is 2.56. The molecule has 1 saturated heterocycles. The molecule has 1 amide bonds. The Hall–Kier alpha value is -1.52. The topological polar surface area (TPSA) is 20.3 Å². The van der Waals surface area contributed by atoms with Crippen molar-refractivity contribution in [3.8, 4) is 0 Å². The van der Waals surface area contributed by atoms with Crippen LogP contribution in [0.5, 0.6) is 0 Å². The molecule has 0 bridgehead atoms. The van der Waals surface area contributed by atoms with Gasteiger partial charge in [0.25, 0.3) is 5.91 Å². The van der Waals surface area contributed by atoms with E-state index < -0.39 is 11.7 Å². The lowest BCUT2D eigenvalue weighted by Crippen LogP contribution is -2.38. The highest BCUT2D eigenvalue weighted by atomic mass is 19.4. The fourth-order valence-corrected chi connectivity index (χ4v) is 2.56. The minimum atomic E-state index is -4.41. The van der Waals surface area contributed by atoms with E-state index in [1.54, 1.807) is 4.90 Å². The molecule has 0 atom stereocenters. The van der Waals surface area contributed by atoms with Crippen LogP contribution in [0.15, 0.2) is 24.3 Å². The number of likely N-dealkylation sites (tertiary alicyclic amines) is 1. The quantitative estimate of drug-likeness (QED) is 0.805. The third kappa shape index (κ3) is 3.32. The average Bonchev–Trinajstić information content (AvgIpc) is 2.46. The smallest absolute Gasteiger partial charge is 0.339 e. The lowest BCUT2D eigenvalue weighted by Gasteiger charge is -2.31. The maximum atomic E-state index is 12.6. The molecule has 2 nitrogen and oxygen atoms in total. The van der Waals surface area contributed by atoms with Gasteiger partial charge in [-0.05, 0) is 37.0 Å². The second-order valence-corrected chi connectivity index (χ2v) is 5.22. The number of benzene rings is 1. The van der Waals surface area contributed by atoms with Gasteiger partial charge in [-0.2, -0.15) is 13.2 Å². The summed E-state index contributed by atoms with van der Waals surface area (Å²) in [5.41, 5.74) is -0.651. The van der Waals surface area contributed by atoms with E-state index in [1.807, 2.05) is 0 Å². The number of rotatable bonds is 2. The average molecular weight is 285 g/mol. The van der Waals surface area contributed by atoms with Crippen molar-refractivity contribution in [3.63, 3.8) is 0 Å². The van der Waals surface area contributed by atoms with E-state index in [0.29, 0.717) is 19.0 Å². The second-order valence-electron chi connectivity index (χ2n) is 5.22. The Labute approximate surface area is 116 Å². The van der Waals surface area contributed by atoms with Crippen LogP contribution in [-0.2, 0) is 6.18 Å². The van der Waals surface area contributed by atoms with Crippen molar-refractivity contribution in [3.05, 3.63) is 35.4 Å². The second kappa shape index (κ2) is 5.85. The van der Waals surface area contributed by atoms with Crippen LogP contribution in [-0.4, -0.2) is 23.9 Å². The van der Waals surface area contributed by atoms with E-state index in [2.05, 4.69) is 6.92 Å². The molecule has 1 aliphatic heterocycles. The third-order valence-electron chi connectivity index (χ3n) is 3.92. The Morgan fingerprint density at radius 2 is 1.95 bits per heavy atom. The zero-order valence-electron chi connectivity index (χ0n) is 11.4. The van der Waals surface area contributed by atoms with Crippen LogP contribution in [0.3, 0.4) is 0 Å². The summed E-state index contributed by atoms with van der Waals surface area (Å²) in [6, 6.07) is 4.66. The Bertz CT molecular complexity index is 476. The number of carbonyl (C=O) groups is 1. The highest BCUT2D eigenvalue weighted by Crippen LogP contribution is 2.30. The molecule has 2 rings (SSSR count). The van der Waals surface area contributed by atoms with E-state index in [9.17, 15) is 18.0 Å². The Morgan fingerprint density at radius 3 is 2.50 bits per heavy atom. The highest BCUT2D eigenvalue weighted by molar-refractivity contribution is 5.94. The molecule has 0 aliphatic carbocycles. The van der Waals surface area contributed by atoms with Crippen LogP contribution in [0.1, 0.15) is 42.1 Å². The molecule has 1 heterocycles. The zero-order chi connectivity index (χ0) is 14.8. The first-order chi connectivity index (χ1) is 9.41. The number of halogens is 3. The molecule has 5 heteroatoms. The number of hydrogen-bond acceptors (Lipinski definition) is 1. The summed E-state index contributed by atoms with van der Waals surface area (Å²) in [7, 11) is 0. The van der Waals surface area contributed by atoms with E-state index in [4.69, 9.17) is 0 Å². The van der Waals surface area contributed by atoms with Crippen LogP contribution < -0.4 is 0 Å². The van der Waals surface area contributed by atoms with Gasteiger partial charge in [-0.3, -0.25) is 4.79 Å². The normalized spacial score (nSPS) is 17.3. The minimum Gasteiger partial charge on any atom is -0.339 e. The van der Waals surface area contributed by atoms with Crippen molar-refractivity contribution in [2.75, 3.05) is 13.1 Å². The Kier molecular flexibility index (Phi) is 4.35. The standard InChI is InChI=1S/C15H18F3NO/c1-2-11-6-8-19(9-7-11)14(20)12-4-3-5-13(10-12)15(16,17)18/h3-5,10-11H,2,6-9H2,1H3. The number of alkyl halides is 3. The number of carbonyl (C=O) groups excluding carboxylic acids is 1. The maximum absolute atomic E-state index is 12.6. The van der Waals surface area contributed by atoms with Crippen LogP contribution in [0.2, 0.25) is 0 Å². The number of piperidine rings is 1. The van der Waals surface area contributed by atoms with Gasteiger partial charge in [-0.15, -0.1) is 0 Å². The monoisotopic (exact) mass is 285 g/mol. The SMILES string of the molecule is CCC1CCN(C(=O)c2cccc(C(F)(F)F)c2)CC1. The summed E-state index contributed by atoms with van der Waals surface area (Å²) in [5, 5.41) is 0. The highest BCUT2D eigenvalue weighted by Gasteiger charge is 2.31. The van der Waals surface area contributed by atoms with Gasteiger partial charge < -0.3 is 4.90 Å². The van der Waals surface area contributed by atoms with Gasteiger partial charge >= 0.3 is 6.18 Å². The summed E-state index contributed by atoms with van der Waals surface area (Å²) in [4.78, 5) is 13.9. The first-order valence-corrected chi connectivity index (χ1v) is 6.88. The molecule has 0 radical (unpaired) electrons. The molecule has 1 fully saturated rings. The van der Waals surface area contributed by atoms with E-state index in [-0.39, 0.29) is 11.5 Å². The van der Waals surface area contributed by atoms with Gasteiger partial charge in [0.1, 0.15) is 0 Å². The molecule has 1 aliphatic rings. The third-order valence-corrected chi connectivity index (χ3v) is 3.92. The Balaban J connectivity index is 2.10. The molecule has 1 aromatic carbocycles. The summed E-state index contributed by atoms with van der Waals surface area (Å²) in [6.07, 6.45) is -1.46. The Morgan fingerprint density at radius 1 is 1.30 bits per heavy atom. The molecular weight excluding hydrogens is 267 g/mol. The molecule has 0 aromatic heterocycles. The number of nitrogens with zero attached hydrogens (tertiary/aromatic N) is 1. The number of amides is 1. The molecule has 1 aromatic rings. The molecule has 0 unspecified atom stereocenters. The predicted octanol–water partition coefficient (Wildman–Crippen LogP) is 3.97. The zero-order valence-corrected chi connectivity index (χ0v) is 11.4. The van der Waals surface area contributed by atoms with Crippen molar-refractivity contribution in [1.29, 1.82) is 0 Å². The summed E-state index contributed by atoms with van der Waals surface area (Å²) in [5.74, 6) is 0.325. The van der Waals surface area contributed by atoms with Crippen molar-refractivity contribution < 1.29 is 18.0 Å². The molecule has 0 saturated carbocycles. The molecular formula is C15H18F3NO. The fraction of sp³-hybridized carbons (Fsp3) is 0.533. The van der Waals surface area contributed by atoms with E-state index >= 15 is 0 Å². The first-order valence-electron chi connectivity index (χ1n) is 6.88. The van der Waals surface area contributed by atoms with Crippen molar-refractivity contribution in [2.24, 2.45) is 5.92 Å². The lowest BCUT2D eigenvalue weighted by atomic mass is 9.94. The van der Waals surface area contributed by atoms with Crippen molar-refractivity contribution in [1.82, 2.24) is 4.90 Å². The van der Waals surface area contributed by atoms with Crippen LogP contribution in [0.4, 0.5) is 13.2 Å². The van der Waals surface area contributed by atoms with E-state index in [0.717, 1.165) is 31.4 Å². The number of hydrogen-bond donors (Lipinski definition) is 0. The lowest BCUT2D eigenvalue weighted by molar-refractivity contribution is -0.137. The van der Waals surface area contributed by atoms with Gasteiger partial charge in [0.15, 0.2) is 0 Å². The molecule has 0 spiro atoms. The van der Waals surface area contributed by atoms with Gasteiger partial charge in [0, 0.05) is 18.7 Å².